The zero-order chi connectivity index (χ0) is 8.32. The normalized spacial score (nSPS) is 21.2. The first kappa shape index (κ1) is 11.9. The van der Waals surface area contributed by atoms with Crippen molar-refractivity contribution in [2.75, 3.05) is 19.8 Å². The van der Waals surface area contributed by atoms with E-state index in [9.17, 15) is 4.79 Å². The van der Waals surface area contributed by atoms with Crippen LogP contribution < -0.4 is 5.73 Å². The van der Waals surface area contributed by atoms with E-state index in [-0.39, 0.29) is 23.6 Å². The molecule has 0 bridgehead atoms. The molecule has 0 unspecified atom stereocenters. The van der Waals surface area contributed by atoms with Crippen molar-refractivity contribution in [3.8, 4) is 0 Å². The topological polar surface area (TPSA) is 52.3 Å². The first-order valence-electron chi connectivity index (χ1n) is 4.00. The lowest BCUT2D eigenvalue weighted by Gasteiger charge is -2.33. The Morgan fingerprint density at radius 2 is 2.00 bits per heavy atom. The lowest BCUT2D eigenvalue weighted by Crippen LogP contribution is -2.42. The number of hydrogen-bond acceptors (Lipinski definition) is 3. The highest BCUT2D eigenvalue weighted by atomic mass is 35.5. The molecule has 0 aromatic carbocycles. The van der Waals surface area contributed by atoms with Crippen LogP contribution in [0.1, 0.15) is 19.8 Å². The maximum Gasteiger partial charge on any atom is 0.137 e. The van der Waals surface area contributed by atoms with Crippen molar-refractivity contribution in [1.82, 2.24) is 0 Å². The van der Waals surface area contributed by atoms with Crippen LogP contribution >= 0.6 is 12.4 Å². The van der Waals surface area contributed by atoms with Gasteiger partial charge < -0.3 is 10.5 Å². The zero-order valence-corrected chi connectivity index (χ0v) is 8.15. The third-order valence-electron chi connectivity index (χ3n) is 2.59. The van der Waals surface area contributed by atoms with Gasteiger partial charge in [-0.25, -0.2) is 0 Å². The van der Waals surface area contributed by atoms with E-state index in [1.165, 1.54) is 0 Å². The summed E-state index contributed by atoms with van der Waals surface area (Å²) in [5, 5.41) is 0. The Morgan fingerprint density at radius 3 is 2.25 bits per heavy atom. The number of Topliss-reactive ketones (excluding diaryl/α,β-unsaturated/α-hetero) is 1. The summed E-state index contributed by atoms with van der Waals surface area (Å²) in [6, 6.07) is 0. The van der Waals surface area contributed by atoms with Gasteiger partial charge in [0, 0.05) is 25.2 Å². The molecule has 0 saturated carbocycles. The summed E-state index contributed by atoms with van der Waals surface area (Å²) in [7, 11) is 0. The smallest absolute Gasteiger partial charge is 0.137 e. The fourth-order valence-electron chi connectivity index (χ4n) is 1.46. The molecule has 0 aliphatic carbocycles. The lowest BCUT2D eigenvalue weighted by atomic mass is 9.77. The number of ether oxygens (including phenoxy) is 1. The minimum atomic E-state index is -0.266. The van der Waals surface area contributed by atoms with Gasteiger partial charge in [-0.05, 0) is 19.8 Å². The zero-order valence-electron chi connectivity index (χ0n) is 7.34. The second-order valence-corrected chi connectivity index (χ2v) is 3.15. The number of carbonyl (C=O) groups is 1. The number of hydrogen-bond donors (Lipinski definition) is 1. The minimum Gasteiger partial charge on any atom is -0.381 e. The molecular weight excluding hydrogens is 178 g/mol. The van der Waals surface area contributed by atoms with Crippen molar-refractivity contribution in [2.45, 2.75) is 19.8 Å². The third kappa shape index (κ3) is 2.19. The highest BCUT2D eigenvalue weighted by molar-refractivity contribution is 5.85. The molecule has 1 heterocycles. The van der Waals surface area contributed by atoms with Gasteiger partial charge >= 0.3 is 0 Å². The van der Waals surface area contributed by atoms with E-state index >= 15 is 0 Å². The van der Waals surface area contributed by atoms with E-state index in [1.807, 2.05) is 0 Å². The SMILES string of the molecule is CC(=O)C1(CN)CCOCC1.Cl. The molecule has 4 heteroatoms. The fraction of sp³-hybridized carbons (Fsp3) is 0.875. The molecule has 0 aromatic rings. The van der Waals surface area contributed by atoms with Crippen LogP contribution in [0.15, 0.2) is 0 Å². The van der Waals surface area contributed by atoms with Crippen molar-refractivity contribution in [2.24, 2.45) is 11.1 Å². The summed E-state index contributed by atoms with van der Waals surface area (Å²) >= 11 is 0. The van der Waals surface area contributed by atoms with Crippen molar-refractivity contribution in [3.05, 3.63) is 0 Å². The van der Waals surface area contributed by atoms with Crippen LogP contribution in [0.3, 0.4) is 0 Å². The molecule has 1 rings (SSSR count). The number of carbonyl (C=O) groups excluding carboxylic acids is 1. The average molecular weight is 194 g/mol. The Balaban J connectivity index is 0.00000121. The van der Waals surface area contributed by atoms with Crippen molar-refractivity contribution in [3.63, 3.8) is 0 Å². The van der Waals surface area contributed by atoms with Gasteiger partial charge in [0.15, 0.2) is 0 Å². The van der Waals surface area contributed by atoms with Gasteiger partial charge in [-0.2, -0.15) is 0 Å². The highest BCUT2D eigenvalue weighted by Crippen LogP contribution is 2.29. The molecule has 2 N–H and O–H groups in total. The second-order valence-electron chi connectivity index (χ2n) is 3.15. The van der Waals surface area contributed by atoms with Crippen LogP contribution in [0.2, 0.25) is 0 Å². The summed E-state index contributed by atoms with van der Waals surface area (Å²) in [6.45, 7) is 3.44. The largest absolute Gasteiger partial charge is 0.381 e. The molecule has 0 radical (unpaired) electrons. The molecule has 1 saturated heterocycles. The van der Waals surface area contributed by atoms with Crippen LogP contribution in [-0.2, 0) is 9.53 Å². The summed E-state index contributed by atoms with van der Waals surface area (Å²) in [4.78, 5) is 11.2. The first-order chi connectivity index (χ1) is 5.21. The predicted octanol–water partition coefficient (Wildman–Crippen LogP) is 0.753. The van der Waals surface area contributed by atoms with Gasteiger partial charge in [0.1, 0.15) is 5.78 Å². The molecule has 0 atom stereocenters. The van der Waals surface area contributed by atoms with Crippen molar-refractivity contribution >= 4 is 18.2 Å². The Bertz CT molecular complexity index is 155. The van der Waals surface area contributed by atoms with Crippen molar-refractivity contribution < 1.29 is 9.53 Å². The Hall–Kier alpha value is -0.120. The molecule has 1 aliphatic heterocycles. The van der Waals surface area contributed by atoms with Crippen LogP contribution in [0.4, 0.5) is 0 Å². The molecule has 1 fully saturated rings. The number of ketones is 1. The van der Waals surface area contributed by atoms with E-state index < -0.39 is 0 Å². The van der Waals surface area contributed by atoms with E-state index in [0.717, 1.165) is 12.8 Å². The molecule has 0 spiro atoms. The number of rotatable bonds is 2. The molecule has 12 heavy (non-hydrogen) atoms. The fourth-order valence-corrected chi connectivity index (χ4v) is 1.46. The molecular formula is C8H16ClNO2. The van der Waals surface area contributed by atoms with Gasteiger partial charge in [0.25, 0.3) is 0 Å². The van der Waals surface area contributed by atoms with Crippen LogP contribution in [0.25, 0.3) is 0 Å². The van der Waals surface area contributed by atoms with Crippen LogP contribution in [-0.4, -0.2) is 25.5 Å². The van der Waals surface area contributed by atoms with Gasteiger partial charge in [-0.3, -0.25) is 4.79 Å². The molecule has 0 amide bonds. The van der Waals surface area contributed by atoms with Crippen LogP contribution in [0, 0.1) is 5.41 Å². The first-order valence-corrected chi connectivity index (χ1v) is 4.00. The van der Waals surface area contributed by atoms with Crippen molar-refractivity contribution in [1.29, 1.82) is 0 Å². The average Bonchev–Trinajstić information content (AvgIpc) is 2.05. The molecule has 72 valence electrons. The van der Waals surface area contributed by atoms with Gasteiger partial charge in [-0.1, -0.05) is 0 Å². The second kappa shape index (κ2) is 4.80. The highest BCUT2D eigenvalue weighted by Gasteiger charge is 2.35. The lowest BCUT2D eigenvalue weighted by molar-refractivity contribution is -0.131. The van der Waals surface area contributed by atoms with Gasteiger partial charge in [0.2, 0.25) is 0 Å². The summed E-state index contributed by atoms with van der Waals surface area (Å²) in [5.41, 5.74) is 5.30. The van der Waals surface area contributed by atoms with E-state index in [0.29, 0.717) is 19.8 Å². The molecule has 1 aliphatic rings. The summed E-state index contributed by atoms with van der Waals surface area (Å²) < 4.78 is 5.17. The molecule has 3 nitrogen and oxygen atoms in total. The van der Waals surface area contributed by atoms with Gasteiger partial charge in [-0.15, -0.1) is 12.4 Å². The monoisotopic (exact) mass is 193 g/mol. The summed E-state index contributed by atoms with van der Waals surface area (Å²) in [6.07, 6.45) is 1.58. The van der Waals surface area contributed by atoms with E-state index in [1.54, 1.807) is 6.92 Å². The molecule has 0 aromatic heterocycles. The maximum atomic E-state index is 11.2. The minimum absolute atomic E-state index is 0. The van der Waals surface area contributed by atoms with E-state index in [2.05, 4.69) is 0 Å². The van der Waals surface area contributed by atoms with E-state index in [4.69, 9.17) is 10.5 Å². The Morgan fingerprint density at radius 1 is 1.50 bits per heavy atom. The predicted molar refractivity (Wildman–Crippen MR) is 49.5 cm³/mol. The number of nitrogens with two attached hydrogens (primary N) is 1. The maximum absolute atomic E-state index is 11.2. The Labute approximate surface area is 79.1 Å². The number of halogens is 1. The van der Waals surface area contributed by atoms with Gasteiger partial charge in [0.05, 0.1) is 0 Å². The summed E-state index contributed by atoms with van der Waals surface area (Å²) in [5.74, 6) is 0.211. The Kier molecular flexibility index (Phi) is 4.75. The standard InChI is InChI=1S/C8H15NO2.ClH/c1-7(10)8(6-9)2-4-11-5-3-8;/h2-6,9H2,1H3;1H. The quantitative estimate of drug-likeness (QED) is 0.705. The van der Waals surface area contributed by atoms with Crippen LogP contribution in [0.5, 0.6) is 0 Å². The third-order valence-corrected chi connectivity index (χ3v) is 2.59.